The number of anilines is 2. The first-order valence-electron chi connectivity index (χ1n) is 9.14. The van der Waals surface area contributed by atoms with Crippen molar-refractivity contribution in [3.63, 3.8) is 0 Å². The zero-order valence-corrected chi connectivity index (χ0v) is 16.8. The minimum Gasteiger partial charge on any atom is -0.398 e. The minimum atomic E-state index is 0. The number of nitrogens with zero attached hydrogens (tertiary/aromatic N) is 2. The standard InChI is InChI=1S/C20H23N3O2S.ClH/c21-16-4-1-5-17-15(16)3-2-10-23(17)20(25)7-6-19(24)22-11-8-18-14(13-22)9-12-26-18;/h1,4-5,9,12H,2-3,6-8,10-11,13,21H2;1H. The van der Waals surface area contributed by atoms with Crippen LogP contribution in [-0.4, -0.2) is 29.8 Å². The van der Waals surface area contributed by atoms with Gasteiger partial charge in [0.15, 0.2) is 0 Å². The van der Waals surface area contributed by atoms with Gasteiger partial charge in [-0.2, -0.15) is 0 Å². The first kappa shape index (κ1) is 19.7. The molecular formula is C20H24ClN3O2S. The Hall–Kier alpha value is -2.05. The van der Waals surface area contributed by atoms with Crippen LogP contribution in [0.25, 0.3) is 0 Å². The first-order valence-corrected chi connectivity index (χ1v) is 10.0. The summed E-state index contributed by atoms with van der Waals surface area (Å²) in [4.78, 5) is 30.4. The molecule has 1 aromatic carbocycles. The van der Waals surface area contributed by atoms with Gasteiger partial charge in [0.25, 0.3) is 0 Å². The maximum Gasteiger partial charge on any atom is 0.227 e. The monoisotopic (exact) mass is 405 g/mol. The molecule has 1 aromatic heterocycles. The smallest absolute Gasteiger partial charge is 0.227 e. The normalized spacial score (nSPS) is 15.6. The number of nitrogens with two attached hydrogens (primary N) is 1. The van der Waals surface area contributed by atoms with Crippen molar-refractivity contribution < 1.29 is 9.59 Å². The predicted molar refractivity (Wildman–Crippen MR) is 111 cm³/mol. The SMILES string of the molecule is Cl.Nc1cccc2c1CCCN2C(=O)CCC(=O)N1CCc2sccc2C1. The number of thiophene rings is 1. The molecule has 27 heavy (non-hydrogen) atoms. The zero-order valence-electron chi connectivity index (χ0n) is 15.1. The number of hydrogen-bond donors (Lipinski definition) is 1. The number of rotatable bonds is 3. The van der Waals surface area contributed by atoms with Crippen molar-refractivity contribution in [3.05, 3.63) is 45.6 Å². The molecule has 4 rings (SSSR count). The molecule has 2 aromatic rings. The van der Waals surface area contributed by atoms with Crippen LogP contribution in [0.15, 0.2) is 29.6 Å². The molecule has 144 valence electrons. The summed E-state index contributed by atoms with van der Waals surface area (Å²) in [6.07, 6.45) is 3.26. The second-order valence-electron chi connectivity index (χ2n) is 6.93. The van der Waals surface area contributed by atoms with E-state index in [1.54, 1.807) is 16.2 Å². The van der Waals surface area contributed by atoms with Crippen LogP contribution in [0.1, 0.15) is 35.3 Å². The molecule has 0 saturated carbocycles. The number of carbonyl (C=O) groups is 2. The van der Waals surface area contributed by atoms with Crippen molar-refractivity contribution in [1.82, 2.24) is 4.90 Å². The second kappa shape index (κ2) is 8.31. The molecule has 2 aliphatic heterocycles. The quantitative estimate of drug-likeness (QED) is 0.796. The summed E-state index contributed by atoms with van der Waals surface area (Å²) in [5, 5.41) is 2.08. The Balaban J connectivity index is 0.00000210. The Bertz CT molecular complexity index is 852. The number of fused-ring (bicyclic) bond motifs is 2. The minimum absolute atomic E-state index is 0. The summed E-state index contributed by atoms with van der Waals surface area (Å²) < 4.78 is 0. The molecular weight excluding hydrogens is 382 g/mol. The van der Waals surface area contributed by atoms with Crippen LogP contribution in [0.4, 0.5) is 11.4 Å². The Labute approximate surface area is 169 Å². The Morgan fingerprint density at radius 3 is 2.74 bits per heavy atom. The van der Waals surface area contributed by atoms with Crippen LogP contribution in [-0.2, 0) is 29.0 Å². The highest BCUT2D eigenvalue weighted by Gasteiger charge is 2.26. The molecule has 0 unspecified atom stereocenters. The van der Waals surface area contributed by atoms with E-state index >= 15 is 0 Å². The van der Waals surface area contributed by atoms with Crippen molar-refractivity contribution in [1.29, 1.82) is 0 Å². The van der Waals surface area contributed by atoms with E-state index in [1.807, 2.05) is 23.1 Å². The molecule has 7 heteroatoms. The number of hydrogen-bond acceptors (Lipinski definition) is 4. The van der Waals surface area contributed by atoms with Crippen molar-refractivity contribution in [2.45, 2.75) is 38.6 Å². The lowest BCUT2D eigenvalue weighted by Gasteiger charge is -2.31. The van der Waals surface area contributed by atoms with E-state index in [0.29, 0.717) is 13.1 Å². The highest BCUT2D eigenvalue weighted by molar-refractivity contribution is 7.10. The van der Waals surface area contributed by atoms with E-state index in [9.17, 15) is 9.59 Å². The van der Waals surface area contributed by atoms with Crippen LogP contribution in [0.3, 0.4) is 0 Å². The topological polar surface area (TPSA) is 66.6 Å². The van der Waals surface area contributed by atoms with Gasteiger partial charge in [-0.15, -0.1) is 23.7 Å². The Kier molecular flexibility index (Phi) is 6.07. The summed E-state index contributed by atoms with van der Waals surface area (Å²) in [5.41, 5.74) is 10.0. The van der Waals surface area contributed by atoms with Gasteiger partial charge >= 0.3 is 0 Å². The van der Waals surface area contributed by atoms with Crippen molar-refractivity contribution in [2.75, 3.05) is 23.7 Å². The van der Waals surface area contributed by atoms with Gasteiger partial charge < -0.3 is 15.5 Å². The highest BCUT2D eigenvalue weighted by atomic mass is 35.5. The molecule has 0 bridgehead atoms. The number of benzene rings is 1. The molecule has 0 spiro atoms. The molecule has 0 saturated heterocycles. The van der Waals surface area contributed by atoms with Gasteiger partial charge in [0.1, 0.15) is 0 Å². The summed E-state index contributed by atoms with van der Waals surface area (Å²) in [6, 6.07) is 7.81. The Morgan fingerprint density at radius 1 is 1.07 bits per heavy atom. The van der Waals surface area contributed by atoms with Gasteiger partial charge in [0.05, 0.1) is 0 Å². The number of carbonyl (C=O) groups excluding carboxylic acids is 2. The molecule has 0 atom stereocenters. The highest BCUT2D eigenvalue weighted by Crippen LogP contribution is 2.32. The van der Waals surface area contributed by atoms with Gasteiger partial charge in [0, 0.05) is 48.7 Å². The van der Waals surface area contributed by atoms with E-state index in [0.717, 1.165) is 42.7 Å². The molecule has 0 radical (unpaired) electrons. The van der Waals surface area contributed by atoms with Crippen molar-refractivity contribution in [2.24, 2.45) is 0 Å². The summed E-state index contributed by atoms with van der Waals surface area (Å²) >= 11 is 1.76. The van der Waals surface area contributed by atoms with Gasteiger partial charge in [-0.3, -0.25) is 9.59 Å². The van der Waals surface area contributed by atoms with Crippen LogP contribution in [0.5, 0.6) is 0 Å². The molecule has 0 aliphatic carbocycles. The fourth-order valence-electron chi connectivity index (χ4n) is 3.88. The van der Waals surface area contributed by atoms with Crippen molar-refractivity contribution >= 4 is 46.9 Å². The van der Waals surface area contributed by atoms with E-state index in [4.69, 9.17) is 5.73 Å². The van der Waals surface area contributed by atoms with Crippen LogP contribution in [0.2, 0.25) is 0 Å². The molecule has 0 fully saturated rings. The van der Waals surface area contributed by atoms with Gasteiger partial charge in [-0.25, -0.2) is 0 Å². The first-order chi connectivity index (χ1) is 12.6. The maximum absolute atomic E-state index is 12.7. The van der Waals surface area contributed by atoms with E-state index in [1.165, 1.54) is 10.4 Å². The molecule has 2 amide bonds. The van der Waals surface area contributed by atoms with Gasteiger partial charge in [0.2, 0.25) is 11.8 Å². The van der Waals surface area contributed by atoms with Gasteiger partial charge in [-0.05, 0) is 54.0 Å². The predicted octanol–water partition coefficient (Wildman–Crippen LogP) is 3.40. The van der Waals surface area contributed by atoms with E-state index in [-0.39, 0.29) is 37.1 Å². The fourth-order valence-corrected chi connectivity index (χ4v) is 4.77. The number of nitrogen functional groups attached to an aromatic ring is 1. The van der Waals surface area contributed by atoms with E-state index in [2.05, 4.69) is 11.4 Å². The average molecular weight is 406 g/mol. The zero-order chi connectivity index (χ0) is 18.1. The van der Waals surface area contributed by atoms with Crippen LogP contribution < -0.4 is 10.6 Å². The number of amides is 2. The lowest BCUT2D eigenvalue weighted by Crippen LogP contribution is -2.38. The molecule has 5 nitrogen and oxygen atoms in total. The lowest BCUT2D eigenvalue weighted by molar-refractivity contribution is -0.134. The summed E-state index contributed by atoms with van der Waals surface area (Å²) in [5.74, 6) is 0.0816. The molecule has 2 aliphatic rings. The fraction of sp³-hybridized carbons (Fsp3) is 0.400. The number of halogens is 1. The second-order valence-corrected chi connectivity index (χ2v) is 7.93. The van der Waals surface area contributed by atoms with Crippen LogP contribution in [0, 0.1) is 0 Å². The third-order valence-corrected chi connectivity index (χ3v) is 6.32. The molecule has 3 heterocycles. The van der Waals surface area contributed by atoms with Gasteiger partial charge in [-0.1, -0.05) is 6.07 Å². The third-order valence-electron chi connectivity index (χ3n) is 5.30. The van der Waals surface area contributed by atoms with E-state index < -0.39 is 0 Å². The summed E-state index contributed by atoms with van der Waals surface area (Å²) in [7, 11) is 0. The van der Waals surface area contributed by atoms with Crippen molar-refractivity contribution in [3.8, 4) is 0 Å². The molecule has 2 N–H and O–H groups in total. The largest absolute Gasteiger partial charge is 0.398 e. The van der Waals surface area contributed by atoms with Crippen LogP contribution >= 0.6 is 23.7 Å². The lowest BCUT2D eigenvalue weighted by atomic mass is 9.99. The third kappa shape index (κ3) is 3.96. The average Bonchev–Trinajstić information content (AvgIpc) is 3.13. The Morgan fingerprint density at radius 2 is 1.89 bits per heavy atom. The maximum atomic E-state index is 12.7. The summed E-state index contributed by atoms with van der Waals surface area (Å²) in [6.45, 7) is 2.13.